The van der Waals surface area contributed by atoms with Gasteiger partial charge in [-0.2, -0.15) is 0 Å². The quantitative estimate of drug-likeness (QED) is 0.564. The molecule has 6 nitrogen and oxygen atoms in total. The zero-order valence-electron chi connectivity index (χ0n) is 17.9. The highest BCUT2D eigenvalue weighted by Crippen LogP contribution is 2.28. The van der Waals surface area contributed by atoms with Crippen molar-refractivity contribution >= 4 is 17.6 Å². The van der Waals surface area contributed by atoms with Crippen LogP contribution in [0.1, 0.15) is 54.1 Å². The van der Waals surface area contributed by atoms with E-state index in [-0.39, 0.29) is 11.6 Å². The number of carbonyl (C=O) groups is 2. The van der Waals surface area contributed by atoms with Gasteiger partial charge >= 0.3 is 5.97 Å². The highest BCUT2D eigenvalue weighted by atomic mass is 16.5. The molecule has 3 aromatic rings. The summed E-state index contributed by atoms with van der Waals surface area (Å²) in [6.07, 6.45) is -0.992. The summed E-state index contributed by atoms with van der Waals surface area (Å²) in [7, 11) is 0. The third kappa shape index (κ3) is 4.59. The smallest absolute Gasteiger partial charge is 0.361 e. The van der Waals surface area contributed by atoms with Crippen molar-refractivity contribution < 1.29 is 18.7 Å². The summed E-state index contributed by atoms with van der Waals surface area (Å²) in [6, 6.07) is 15.1. The van der Waals surface area contributed by atoms with Crippen molar-refractivity contribution in [1.29, 1.82) is 0 Å². The van der Waals surface area contributed by atoms with Gasteiger partial charge in [0.15, 0.2) is 11.8 Å². The maximum Gasteiger partial charge on any atom is 0.361 e. The molecule has 1 heterocycles. The zero-order valence-corrected chi connectivity index (χ0v) is 17.9. The fourth-order valence-electron chi connectivity index (χ4n) is 3.13. The minimum atomic E-state index is -0.992. The molecule has 1 amide bonds. The van der Waals surface area contributed by atoms with E-state index in [9.17, 15) is 9.59 Å². The van der Waals surface area contributed by atoms with Crippen LogP contribution in [-0.2, 0) is 9.53 Å². The maximum absolute atomic E-state index is 12.7. The molecule has 1 aromatic heterocycles. The SMILES string of the molecule is Cc1cccc(C(C)C)c1NC(=O)C(C)OC(=O)c1nc(-c2ccccc2)oc1C. The molecule has 6 heteroatoms. The van der Waals surface area contributed by atoms with Crippen LogP contribution >= 0.6 is 0 Å². The van der Waals surface area contributed by atoms with Gasteiger partial charge in [0.05, 0.1) is 0 Å². The molecule has 1 N–H and O–H groups in total. The Morgan fingerprint density at radius 3 is 2.37 bits per heavy atom. The number of aromatic nitrogens is 1. The van der Waals surface area contributed by atoms with Crippen molar-refractivity contribution in [2.75, 3.05) is 5.32 Å². The second-order valence-corrected chi connectivity index (χ2v) is 7.52. The highest BCUT2D eigenvalue weighted by Gasteiger charge is 2.25. The molecule has 1 unspecified atom stereocenters. The fourth-order valence-corrected chi connectivity index (χ4v) is 3.13. The van der Waals surface area contributed by atoms with E-state index in [4.69, 9.17) is 9.15 Å². The molecule has 156 valence electrons. The summed E-state index contributed by atoms with van der Waals surface area (Å²) in [6.45, 7) is 9.23. The predicted octanol–water partition coefficient (Wildman–Crippen LogP) is 5.27. The number of rotatable bonds is 6. The summed E-state index contributed by atoms with van der Waals surface area (Å²) < 4.78 is 11.0. The average Bonchev–Trinajstić information content (AvgIpc) is 3.11. The minimum absolute atomic E-state index is 0.0623. The number of carbonyl (C=O) groups excluding carboxylic acids is 2. The number of amides is 1. The van der Waals surface area contributed by atoms with Crippen molar-refractivity contribution in [3.63, 3.8) is 0 Å². The number of oxazole rings is 1. The van der Waals surface area contributed by atoms with Gasteiger partial charge < -0.3 is 14.5 Å². The number of anilines is 1. The molecule has 0 radical (unpaired) electrons. The Balaban J connectivity index is 1.72. The van der Waals surface area contributed by atoms with Crippen molar-refractivity contribution in [3.05, 3.63) is 71.1 Å². The van der Waals surface area contributed by atoms with E-state index in [2.05, 4.69) is 24.1 Å². The Kier molecular flexibility index (Phi) is 6.35. The lowest BCUT2D eigenvalue weighted by Crippen LogP contribution is -2.31. The normalized spacial score (nSPS) is 11.9. The van der Waals surface area contributed by atoms with Crippen molar-refractivity contribution in [3.8, 4) is 11.5 Å². The number of para-hydroxylation sites is 1. The van der Waals surface area contributed by atoms with E-state index >= 15 is 0 Å². The number of benzene rings is 2. The predicted molar refractivity (Wildman–Crippen MR) is 115 cm³/mol. The Labute approximate surface area is 176 Å². The molecule has 0 fully saturated rings. The molecule has 0 saturated carbocycles. The number of ether oxygens (including phenoxy) is 1. The molecule has 1 atom stereocenters. The van der Waals surface area contributed by atoms with Gasteiger partial charge in [-0.15, -0.1) is 0 Å². The van der Waals surface area contributed by atoms with Gasteiger partial charge in [-0.05, 0) is 49.9 Å². The van der Waals surface area contributed by atoms with E-state index in [0.717, 1.165) is 22.4 Å². The second kappa shape index (κ2) is 8.95. The van der Waals surface area contributed by atoms with Gasteiger partial charge in [-0.25, -0.2) is 9.78 Å². The van der Waals surface area contributed by atoms with Crippen LogP contribution in [0.4, 0.5) is 5.69 Å². The van der Waals surface area contributed by atoms with Crippen LogP contribution < -0.4 is 5.32 Å². The lowest BCUT2D eigenvalue weighted by atomic mass is 9.98. The number of esters is 1. The standard InChI is InChI=1S/C24H26N2O4/c1-14(2)19-13-9-10-15(3)20(19)25-22(27)17(5)30-24(28)21-16(4)29-23(26-21)18-11-7-6-8-12-18/h6-14,17H,1-5H3,(H,25,27). The summed E-state index contributed by atoms with van der Waals surface area (Å²) >= 11 is 0. The maximum atomic E-state index is 12.7. The molecule has 0 aliphatic heterocycles. The first-order valence-electron chi connectivity index (χ1n) is 9.92. The Morgan fingerprint density at radius 1 is 1.00 bits per heavy atom. The third-order valence-electron chi connectivity index (χ3n) is 4.84. The Bertz CT molecular complexity index is 1050. The van der Waals surface area contributed by atoms with Crippen LogP contribution in [0.5, 0.6) is 0 Å². The van der Waals surface area contributed by atoms with Gasteiger partial charge in [0.25, 0.3) is 5.91 Å². The van der Waals surface area contributed by atoms with E-state index in [1.165, 1.54) is 6.92 Å². The van der Waals surface area contributed by atoms with E-state index in [0.29, 0.717) is 11.7 Å². The summed E-state index contributed by atoms with van der Waals surface area (Å²) in [5.74, 6) is -0.183. The molecule has 0 aliphatic carbocycles. The summed E-state index contributed by atoms with van der Waals surface area (Å²) in [4.78, 5) is 29.5. The summed E-state index contributed by atoms with van der Waals surface area (Å²) in [5, 5.41) is 2.90. The van der Waals surface area contributed by atoms with Crippen LogP contribution in [0.15, 0.2) is 52.9 Å². The molecular weight excluding hydrogens is 380 g/mol. The Hall–Kier alpha value is -3.41. The second-order valence-electron chi connectivity index (χ2n) is 7.52. The third-order valence-corrected chi connectivity index (χ3v) is 4.84. The molecule has 0 aliphatic rings. The molecular formula is C24H26N2O4. The number of hydrogen-bond acceptors (Lipinski definition) is 5. The van der Waals surface area contributed by atoms with Crippen LogP contribution in [0, 0.1) is 13.8 Å². The molecule has 3 rings (SSSR count). The van der Waals surface area contributed by atoms with Gasteiger partial charge in [0.1, 0.15) is 5.76 Å². The van der Waals surface area contributed by atoms with Crippen LogP contribution in [-0.4, -0.2) is 23.0 Å². The topological polar surface area (TPSA) is 81.4 Å². The van der Waals surface area contributed by atoms with Crippen LogP contribution in [0.3, 0.4) is 0 Å². The van der Waals surface area contributed by atoms with Gasteiger partial charge in [-0.3, -0.25) is 4.79 Å². The van der Waals surface area contributed by atoms with Gasteiger partial charge in [0.2, 0.25) is 5.89 Å². The van der Waals surface area contributed by atoms with Gasteiger partial charge in [-0.1, -0.05) is 50.2 Å². The largest absolute Gasteiger partial charge is 0.448 e. The van der Waals surface area contributed by atoms with E-state index < -0.39 is 18.0 Å². The molecule has 0 spiro atoms. The first-order valence-corrected chi connectivity index (χ1v) is 9.92. The number of nitrogens with zero attached hydrogens (tertiary/aromatic N) is 1. The molecule has 0 saturated heterocycles. The number of nitrogens with one attached hydrogen (secondary N) is 1. The van der Waals surface area contributed by atoms with E-state index in [1.54, 1.807) is 6.92 Å². The zero-order chi connectivity index (χ0) is 21.8. The lowest BCUT2D eigenvalue weighted by molar-refractivity contribution is -0.123. The van der Waals surface area contributed by atoms with Crippen molar-refractivity contribution in [2.24, 2.45) is 0 Å². The number of hydrogen-bond donors (Lipinski definition) is 1. The van der Waals surface area contributed by atoms with E-state index in [1.807, 2.05) is 55.5 Å². The molecule has 0 bridgehead atoms. The van der Waals surface area contributed by atoms with Crippen LogP contribution in [0.25, 0.3) is 11.5 Å². The molecule has 2 aromatic carbocycles. The van der Waals surface area contributed by atoms with Crippen molar-refractivity contribution in [1.82, 2.24) is 4.98 Å². The van der Waals surface area contributed by atoms with Gasteiger partial charge in [0, 0.05) is 11.3 Å². The highest BCUT2D eigenvalue weighted by molar-refractivity contribution is 5.98. The fraction of sp³-hybridized carbons (Fsp3) is 0.292. The van der Waals surface area contributed by atoms with Crippen molar-refractivity contribution in [2.45, 2.75) is 46.6 Å². The first kappa shape index (κ1) is 21.3. The van der Waals surface area contributed by atoms with Crippen LogP contribution in [0.2, 0.25) is 0 Å². The minimum Gasteiger partial charge on any atom is -0.448 e. The number of aryl methyl sites for hydroxylation is 2. The summed E-state index contributed by atoms with van der Waals surface area (Å²) in [5.41, 5.74) is 3.55. The Morgan fingerprint density at radius 2 is 1.70 bits per heavy atom. The first-order chi connectivity index (χ1) is 14.3. The monoisotopic (exact) mass is 406 g/mol. The lowest BCUT2D eigenvalue weighted by Gasteiger charge is -2.18. The molecule has 30 heavy (non-hydrogen) atoms. The average molecular weight is 406 g/mol.